The maximum atomic E-state index is 5.62. The Bertz CT molecular complexity index is 298. The molecule has 0 radical (unpaired) electrons. The van der Waals surface area contributed by atoms with Gasteiger partial charge in [-0.2, -0.15) is 0 Å². The van der Waals surface area contributed by atoms with Gasteiger partial charge < -0.3 is 0 Å². The van der Waals surface area contributed by atoms with Crippen LogP contribution in [0.25, 0.3) is 0 Å². The molecule has 1 rings (SSSR count). The second-order valence-electron chi connectivity index (χ2n) is 2.22. The molecule has 0 saturated heterocycles. The van der Waals surface area contributed by atoms with Gasteiger partial charge in [0.1, 0.15) is 10.7 Å². The van der Waals surface area contributed by atoms with Crippen molar-refractivity contribution in [3.63, 3.8) is 0 Å². The van der Waals surface area contributed by atoms with Crippen molar-refractivity contribution >= 4 is 28.4 Å². The molecule has 1 aromatic rings. The predicted molar refractivity (Wildman–Crippen MR) is 69.0 cm³/mol. The van der Waals surface area contributed by atoms with E-state index in [0.29, 0.717) is 5.15 Å². The Morgan fingerprint density at radius 1 is 1.40 bits per heavy atom. The van der Waals surface area contributed by atoms with Crippen molar-refractivity contribution < 1.29 is 0 Å². The minimum Gasteiger partial charge on any atom is -0.276 e. The van der Waals surface area contributed by atoms with Crippen LogP contribution >= 0.6 is 23.4 Å². The first-order valence-electron chi connectivity index (χ1n) is 4.86. The molecular weight excluding hydrogens is 230 g/mol. The summed E-state index contributed by atoms with van der Waals surface area (Å²) in [5.41, 5.74) is 0.777. The lowest BCUT2D eigenvalue weighted by molar-refractivity contribution is 1.01. The molecule has 0 atom stereocenters. The molecule has 0 spiro atoms. The Morgan fingerprint density at radius 2 is 2.07 bits per heavy atom. The number of nitrogens with zero attached hydrogens (tertiary/aromatic N) is 3. The van der Waals surface area contributed by atoms with Gasteiger partial charge in [-0.3, -0.25) is 4.99 Å². The van der Waals surface area contributed by atoms with Gasteiger partial charge in [0.15, 0.2) is 5.15 Å². The molecule has 0 fully saturated rings. The molecule has 0 aromatic carbocycles. The smallest absolute Gasteiger partial charge is 0.151 e. The van der Waals surface area contributed by atoms with Gasteiger partial charge in [0.2, 0.25) is 0 Å². The number of rotatable bonds is 2. The van der Waals surface area contributed by atoms with Crippen LogP contribution in [0.2, 0.25) is 5.15 Å². The summed E-state index contributed by atoms with van der Waals surface area (Å²) < 4.78 is 0. The third kappa shape index (κ3) is 5.14. The standard InChI is InChI=1S/C8H10ClN3S.C2H6/c1-3-10-8(13-2)6-4-5-7(9)12-11-6;1-2/h4-5H,3H2,1-2H3;1-2H3. The first kappa shape index (κ1) is 14.4. The minimum atomic E-state index is 0.403. The Morgan fingerprint density at radius 3 is 2.47 bits per heavy atom. The van der Waals surface area contributed by atoms with E-state index in [9.17, 15) is 0 Å². The van der Waals surface area contributed by atoms with Gasteiger partial charge >= 0.3 is 0 Å². The van der Waals surface area contributed by atoms with Gasteiger partial charge in [-0.1, -0.05) is 25.4 Å². The topological polar surface area (TPSA) is 38.1 Å². The summed E-state index contributed by atoms with van der Waals surface area (Å²) in [5, 5.41) is 8.98. The maximum Gasteiger partial charge on any atom is 0.151 e. The normalized spacial score (nSPS) is 10.6. The molecule has 0 unspecified atom stereocenters. The highest BCUT2D eigenvalue weighted by molar-refractivity contribution is 8.13. The lowest BCUT2D eigenvalue weighted by Gasteiger charge is -1.99. The van der Waals surface area contributed by atoms with E-state index in [1.165, 1.54) is 0 Å². The van der Waals surface area contributed by atoms with Crippen LogP contribution in [-0.2, 0) is 0 Å². The van der Waals surface area contributed by atoms with Gasteiger partial charge in [0, 0.05) is 6.54 Å². The van der Waals surface area contributed by atoms with Crippen molar-refractivity contribution in [2.24, 2.45) is 4.99 Å². The van der Waals surface area contributed by atoms with Crippen LogP contribution in [-0.4, -0.2) is 28.0 Å². The number of aliphatic imine (C=N–C) groups is 1. The van der Waals surface area contributed by atoms with E-state index in [1.54, 1.807) is 17.8 Å². The monoisotopic (exact) mass is 245 g/mol. The summed E-state index contributed by atoms with van der Waals surface area (Å²) in [6, 6.07) is 3.53. The van der Waals surface area contributed by atoms with Gasteiger partial charge in [-0.15, -0.1) is 22.0 Å². The molecule has 5 heteroatoms. The fourth-order valence-corrected chi connectivity index (χ4v) is 1.50. The third-order valence-electron chi connectivity index (χ3n) is 1.35. The van der Waals surface area contributed by atoms with Crippen molar-refractivity contribution in [2.75, 3.05) is 12.8 Å². The first-order chi connectivity index (χ1) is 7.27. The second-order valence-corrected chi connectivity index (χ2v) is 3.41. The highest BCUT2D eigenvalue weighted by Gasteiger charge is 2.02. The van der Waals surface area contributed by atoms with E-state index in [4.69, 9.17) is 11.6 Å². The Labute approximate surface area is 100 Å². The Hall–Kier alpha value is -0.610. The van der Waals surface area contributed by atoms with E-state index < -0.39 is 0 Å². The SMILES string of the molecule is CC.CCN=C(SC)c1ccc(Cl)nn1. The van der Waals surface area contributed by atoms with Gasteiger partial charge in [0.05, 0.1) is 0 Å². The van der Waals surface area contributed by atoms with Crippen molar-refractivity contribution in [1.82, 2.24) is 10.2 Å². The van der Waals surface area contributed by atoms with Crippen LogP contribution in [0.5, 0.6) is 0 Å². The van der Waals surface area contributed by atoms with E-state index in [0.717, 1.165) is 17.3 Å². The summed E-state index contributed by atoms with van der Waals surface area (Å²) in [6.45, 7) is 6.74. The molecule has 0 N–H and O–H groups in total. The van der Waals surface area contributed by atoms with Gasteiger partial charge in [0.25, 0.3) is 0 Å². The first-order valence-corrected chi connectivity index (χ1v) is 6.46. The van der Waals surface area contributed by atoms with Crippen molar-refractivity contribution in [1.29, 1.82) is 0 Å². The summed E-state index contributed by atoms with van der Waals surface area (Å²) in [4.78, 5) is 4.28. The molecule has 0 bridgehead atoms. The van der Waals surface area contributed by atoms with Gasteiger partial charge in [-0.05, 0) is 25.3 Å². The highest BCUT2D eigenvalue weighted by Crippen LogP contribution is 2.09. The second kappa shape index (κ2) is 8.68. The average molecular weight is 246 g/mol. The molecule has 84 valence electrons. The zero-order valence-corrected chi connectivity index (χ0v) is 11.1. The highest BCUT2D eigenvalue weighted by atomic mass is 35.5. The molecule has 1 aromatic heterocycles. The lowest BCUT2D eigenvalue weighted by Crippen LogP contribution is -2.00. The number of halogens is 1. The Balaban J connectivity index is 0.000000921. The van der Waals surface area contributed by atoms with Crippen LogP contribution in [0, 0.1) is 0 Å². The fourth-order valence-electron chi connectivity index (χ4n) is 0.824. The zero-order valence-electron chi connectivity index (χ0n) is 9.49. The van der Waals surface area contributed by atoms with Crippen LogP contribution in [0.1, 0.15) is 26.5 Å². The van der Waals surface area contributed by atoms with Crippen LogP contribution in [0.15, 0.2) is 17.1 Å². The number of aromatic nitrogens is 2. The summed E-state index contributed by atoms with van der Waals surface area (Å²) in [5.74, 6) is 0. The lowest BCUT2D eigenvalue weighted by atomic mass is 10.4. The molecule has 0 amide bonds. The molecule has 3 nitrogen and oxygen atoms in total. The zero-order chi connectivity index (χ0) is 11.7. The minimum absolute atomic E-state index is 0.403. The van der Waals surface area contributed by atoms with Crippen molar-refractivity contribution in [2.45, 2.75) is 20.8 Å². The largest absolute Gasteiger partial charge is 0.276 e. The van der Waals surface area contributed by atoms with Crippen LogP contribution in [0.4, 0.5) is 0 Å². The summed E-state index contributed by atoms with van der Waals surface area (Å²) >= 11 is 7.17. The maximum absolute atomic E-state index is 5.62. The summed E-state index contributed by atoms with van der Waals surface area (Å²) in [7, 11) is 0. The predicted octanol–water partition coefficient (Wildman–Crippen LogP) is 3.29. The molecule has 0 aliphatic rings. The van der Waals surface area contributed by atoms with Crippen LogP contribution in [0.3, 0.4) is 0 Å². The van der Waals surface area contributed by atoms with E-state index in [-0.39, 0.29) is 0 Å². The van der Waals surface area contributed by atoms with E-state index in [2.05, 4.69) is 15.2 Å². The van der Waals surface area contributed by atoms with Crippen molar-refractivity contribution in [3.8, 4) is 0 Å². The van der Waals surface area contributed by atoms with E-state index in [1.807, 2.05) is 33.1 Å². The fraction of sp³-hybridized carbons (Fsp3) is 0.500. The third-order valence-corrected chi connectivity index (χ3v) is 2.27. The number of hydrogen-bond donors (Lipinski definition) is 0. The molecule has 0 aliphatic heterocycles. The Kier molecular flexibility index (Phi) is 8.33. The molecule has 15 heavy (non-hydrogen) atoms. The molecular formula is C10H16ClN3S. The van der Waals surface area contributed by atoms with Crippen molar-refractivity contribution in [3.05, 3.63) is 23.0 Å². The van der Waals surface area contributed by atoms with E-state index >= 15 is 0 Å². The number of hydrogen-bond acceptors (Lipinski definition) is 4. The molecule has 0 aliphatic carbocycles. The quantitative estimate of drug-likeness (QED) is 0.593. The van der Waals surface area contributed by atoms with Gasteiger partial charge in [-0.25, -0.2) is 0 Å². The number of thioether (sulfide) groups is 1. The molecule has 0 saturated carbocycles. The van der Waals surface area contributed by atoms with Crippen LogP contribution < -0.4 is 0 Å². The molecule has 1 heterocycles. The average Bonchev–Trinajstić information content (AvgIpc) is 2.30. The summed E-state index contributed by atoms with van der Waals surface area (Å²) in [6.07, 6.45) is 1.96.